The number of hydrogen-bond acceptors (Lipinski definition) is 4. The minimum atomic E-state index is -0.427. The maximum absolute atomic E-state index is 10.7. The lowest BCUT2D eigenvalue weighted by atomic mass is 10.3. The molecule has 1 heterocycles. The average Bonchev–Trinajstić information content (AvgIpc) is 2.52. The summed E-state index contributed by atoms with van der Waals surface area (Å²) in [5, 5.41) is 10.7. The summed E-state index contributed by atoms with van der Waals surface area (Å²) in [6.07, 6.45) is 0. The maximum atomic E-state index is 10.7. The Morgan fingerprint density at radius 3 is 2.68 bits per heavy atom. The molecular weight excluding hydrogens is 286 g/mol. The van der Waals surface area contributed by atoms with Crippen molar-refractivity contribution in [1.82, 2.24) is 0 Å². The number of nitro benzene ring substituents is 1. The van der Waals surface area contributed by atoms with E-state index >= 15 is 0 Å². The molecule has 1 aromatic carbocycles. The number of hydrogen-bond donors (Lipinski definition) is 2. The van der Waals surface area contributed by atoms with Gasteiger partial charge in [-0.25, -0.2) is 0 Å². The first-order chi connectivity index (χ1) is 10.6. The van der Waals surface area contributed by atoms with Crippen LogP contribution in [-0.4, -0.2) is 64.5 Å². The van der Waals surface area contributed by atoms with E-state index in [1.165, 1.54) is 38.3 Å². The molecule has 0 radical (unpaired) electrons. The van der Waals surface area contributed by atoms with Gasteiger partial charge < -0.3 is 19.3 Å². The molecule has 1 fully saturated rings. The van der Waals surface area contributed by atoms with Crippen molar-refractivity contribution >= 4 is 5.69 Å². The van der Waals surface area contributed by atoms with Gasteiger partial charge in [0.05, 0.1) is 31.3 Å². The second-order valence-corrected chi connectivity index (χ2v) is 5.67. The smallest absolute Gasteiger partial charge is 0.273 e. The SMILES string of the molecule is C[NH+]1CC[NH+](CCOCCOc2cccc([N+](=O)[O-])c2)CC1. The summed E-state index contributed by atoms with van der Waals surface area (Å²) in [5.41, 5.74) is 0.0409. The highest BCUT2D eigenvalue weighted by Crippen LogP contribution is 2.18. The van der Waals surface area contributed by atoms with Gasteiger partial charge >= 0.3 is 0 Å². The molecular formula is C15H25N3O4+2. The van der Waals surface area contributed by atoms with Gasteiger partial charge in [-0.2, -0.15) is 0 Å². The monoisotopic (exact) mass is 311 g/mol. The van der Waals surface area contributed by atoms with Crippen molar-refractivity contribution in [3.8, 4) is 5.75 Å². The van der Waals surface area contributed by atoms with E-state index in [1.54, 1.807) is 21.9 Å². The maximum Gasteiger partial charge on any atom is 0.273 e. The summed E-state index contributed by atoms with van der Waals surface area (Å²) < 4.78 is 11.0. The van der Waals surface area contributed by atoms with Crippen LogP contribution in [0.5, 0.6) is 5.75 Å². The number of nitro groups is 1. The highest BCUT2D eigenvalue weighted by Gasteiger charge is 2.18. The molecule has 0 aliphatic carbocycles. The van der Waals surface area contributed by atoms with Crippen LogP contribution in [0.25, 0.3) is 0 Å². The Kier molecular flexibility index (Phi) is 6.57. The Labute approximate surface area is 130 Å². The van der Waals surface area contributed by atoms with Crippen LogP contribution >= 0.6 is 0 Å². The van der Waals surface area contributed by atoms with Gasteiger partial charge in [-0.05, 0) is 6.07 Å². The number of quaternary nitrogens is 2. The molecule has 7 nitrogen and oxygen atoms in total. The van der Waals surface area contributed by atoms with Crippen LogP contribution in [0.4, 0.5) is 5.69 Å². The van der Waals surface area contributed by atoms with E-state index in [0.717, 1.165) is 13.2 Å². The standard InChI is InChI=1S/C15H23N3O4/c1-16-5-7-17(8-6-16)9-10-21-11-12-22-15-4-2-3-14(13-15)18(19)20/h2-4,13H,5-12H2,1H3/p+2. The number of nitrogens with zero attached hydrogens (tertiary/aromatic N) is 1. The van der Waals surface area contributed by atoms with Crippen molar-refractivity contribution < 1.29 is 24.2 Å². The largest absolute Gasteiger partial charge is 0.491 e. The average molecular weight is 311 g/mol. The molecule has 0 spiro atoms. The second kappa shape index (κ2) is 8.67. The molecule has 1 aromatic rings. The van der Waals surface area contributed by atoms with Crippen LogP contribution in [0.2, 0.25) is 0 Å². The van der Waals surface area contributed by atoms with Gasteiger partial charge in [-0.1, -0.05) is 6.07 Å². The Bertz CT molecular complexity index is 476. The second-order valence-electron chi connectivity index (χ2n) is 5.67. The first kappa shape index (κ1) is 16.7. The molecule has 1 aliphatic heterocycles. The first-order valence-electron chi connectivity index (χ1n) is 7.75. The zero-order valence-electron chi connectivity index (χ0n) is 13.0. The van der Waals surface area contributed by atoms with E-state index < -0.39 is 4.92 Å². The quantitative estimate of drug-likeness (QED) is 0.345. The molecule has 1 aliphatic rings. The van der Waals surface area contributed by atoms with Crippen molar-refractivity contribution in [3.05, 3.63) is 34.4 Å². The van der Waals surface area contributed by atoms with Crippen LogP contribution in [0.1, 0.15) is 0 Å². The van der Waals surface area contributed by atoms with Crippen LogP contribution in [0, 0.1) is 10.1 Å². The number of benzene rings is 1. The number of likely N-dealkylation sites (N-methyl/N-ethyl adjacent to an activating group) is 1. The number of non-ortho nitro benzene ring substituents is 1. The topological polar surface area (TPSA) is 70.5 Å². The van der Waals surface area contributed by atoms with Crippen molar-refractivity contribution in [2.45, 2.75) is 0 Å². The zero-order chi connectivity index (χ0) is 15.8. The Morgan fingerprint density at radius 1 is 1.18 bits per heavy atom. The lowest BCUT2D eigenvalue weighted by Gasteiger charge is -2.27. The summed E-state index contributed by atoms with van der Waals surface area (Å²) in [5.74, 6) is 0.505. The van der Waals surface area contributed by atoms with Gasteiger partial charge in [0.25, 0.3) is 5.69 Å². The Morgan fingerprint density at radius 2 is 1.95 bits per heavy atom. The van der Waals surface area contributed by atoms with Crippen molar-refractivity contribution in [2.24, 2.45) is 0 Å². The van der Waals surface area contributed by atoms with Gasteiger partial charge in [-0.15, -0.1) is 0 Å². The summed E-state index contributed by atoms with van der Waals surface area (Å²) in [4.78, 5) is 13.4. The van der Waals surface area contributed by atoms with E-state index in [-0.39, 0.29) is 5.69 Å². The molecule has 0 bridgehead atoms. The summed E-state index contributed by atoms with van der Waals surface area (Å²) in [6.45, 7) is 7.54. The van der Waals surface area contributed by atoms with E-state index in [4.69, 9.17) is 9.47 Å². The van der Waals surface area contributed by atoms with E-state index in [1.807, 2.05) is 0 Å². The number of rotatable bonds is 8. The molecule has 0 atom stereocenters. The predicted octanol–water partition coefficient (Wildman–Crippen LogP) is -1.60. The number of nitrogens with one attached hydrogen (secondary N) is 2. The normalized spacial score (nSPS) is 21.5. The third-order valence-corrected chi connectivity index (χ3v) is 3.94. The van der Waals surface area contributed by atoms with Crippen LogP contribution < -0.4 is 14.5 Å². The van der Waals surface area contributed by atoms with Crippen molar-refractivity contribution in [2.75, 3.05) is 59.6 Å². The fraction of sp³-hybridized carbons (Fsp3) is 0.600. The lowest BCUT2D eigenvalue weighted by Crippen LogP contribution is -3.27. The first-order valence-corrected chi connectivity index (χ1v) is 7.75. The molecule has 2 N–H and O–H groups in total. The third kappa shape index (κ3) is 5.59. The van der Waals surface area contributed by atoms with Crippen LogP contribution in [0.3, 0.4) is 0 Å². The summed E-state index contributed by atoms with van der Waals surface area (Å²) in [6, 6.07) is 6.21. The minimum Gasteiger partial charge on any atom is -0.491 e. The van der Waals surface area contributed by atoms with E-state index in [0.29, 0.717) is 19.0 Å². The molecule has 122 valence electrons. The summed E-state index contributed by atoms with van der Waals surface area (Å²) >= 11 is 0. The van der Waals surface area contributed by atoms with Gasteiger partial charge in [0.15, 0.2) is 0 Å². The van der Waals surface area contributed by atoms with E-state index in [2.05, 4.69) is 7.05 Å². The fourth-order valence-corrected chi connectivity index (χ4v) is 2.50. The lowest BCUT2D eigenvalue weighted by molar-refractivity contribution is -1.00. The molecule has 1 saturated heterocycles. The predicted molar refractivity (Wildman–Crippen MR) is 81.6 cm³/mol. The zero-order valence-corrected chi connectivity index (χ0v) is 13.0. The molecule has 7 heteroatoms. The molecule has 0 amide bonds. The minimum absolute atomic E-state index is 0.0409. The molecule has 0 aromatic heterocycles. The molecule has 0 unspecified atom stereocenters. The highest BCUT2D eigenvalue weighted by molar-refractivity contribution is 5.37. The Hall–Kier alpha value is -1.70. The Balaban J connectivity index is 1.56. The number of ether oxygens (including phenoxy) is 2. The van der Waals surface area contributed by atoms with Crippen molar-refractivity contribution in [3.63, 3.8) is 0 Å². The number of piperazine rings is 1. The highest BCUT2D eigenvalue weighted by atomic mass is 16.6. The summed E-state index contributed by atoms with van der Waals surface area (Å²) in [7, 11) is 2.23. The van der Waals surface area contributed by atoms with Crippen molar-refractivity contribution in [1.29, 1.82) is 0 Å². The van der Waals surface area contributed by atoms with Crippen LogP contribution in [-0.2, 0) is 4.74 Å². The van der Waals surface area contributed by atoms with E-state index in [9.17, 15) is 10.1 Å². The molecule has 0 saturated carbocycles. The molecule has 2 rings (SSSR count). The molecule has 22 heavy (non-hydrogen) atoms. The third-order valence-electron chi connectivity index (χ3n) is 3.94. The van der Waals surface area contributed by atoms with Gasteiger partial charge in [0.1, 0.15) is 45.1 Å². The van der Waals surface area contributed by atoms with Gasteiger partial charge in [0, 0.05) is 6.07 Å². The fourth-order valence-electron chi connectivity index (χ4n) is 2.50. The van der Waals surface area contributed by atoms with Gasteiger partial charge in [-0.3, -0.25) is 10.1 Å². The van der Waals surface area contributed by atoms with Gasteiger partial charge in [0.2, 0.25) is 0 Å². The van der Waals surface area contributed by atoms with Crippen LogP contribution in [0.15, 0.2) is 24.3 Å².